The van der Waals surface area contributed by atoms with Gasteiger partial charge in [-0.15, -0.1) is 0 Å². The number of nitrogens with zero attached hydrogens (tertiary/aromatic N) is 7. The van der Waals surface area contributed by atoms with E-state index in [-0.39, 0.29) is 5.91 Å². The maximum absolute atomic E-state index is 13.1. The van der Waals surface area contributed by atoms with Crippen molar-refractivity contribution >= 4 is 11.7 Å². The van der Waals surface area contributed by atoms with Gasteiger partial charge in [0.15, 0.2) is 0 Å². The van der Waals surface area contributed by atoms with Gasteiger partial charge in [0.05, 0.1) is 5.69 Å². The number of hydrogen-bond donors (Lipinski definition) is 0. The molecule has 0 spiro atoms. The fourth-order valence-electron chi connectivity index (χ4n) is 3.84. The highest BCUT2D eigenvalue weighted by Gasteiger charge is 2.25. The Bertz CT molecular complexity index is 1220. The van der Waals surface area contributed by atoms with Crippen LogP contribution in [0.4, 0.5) is 5.82 Å². The van der Waals surface area contributed by atoms with Crippen LogP contribution in [0.2, 0.25) is 0 Å². The van der Waals surface area contributed by atoms with Crippen LogP contribution < -0.4 is 4.90 Å². The summed E-state index contributed by atoms with van der Waals surface area (Å²) in [6.45, 7) is 4.43. The van der Waals surface area contributed by atoms with Gasteiger partial charge in [0, 0.05) is 57.5 Å². The minimum absolute atomic E-state index is 0.00221. The van der Waals surface area contributed by atoms with Crippen molar-refractivity contribution in [2.75, 3.05) is 31.1 Å². The third-order valence-corrected chi connectivity index (χ3v) is 5.59. The monoisotopic (exact) mass is 429 g/mol. The van der Waals surface area contributed by atoms with Crippen molar-refractivity contribution in [2.24, 2.45) is 7.05 Å². The van der Waals surface area contributed by atoms with Gasteiger partial charge in [0.2, 0.25) is 11.7 Å². The predicted molar refractivity (Wildman–Crippen MR) is 119 cm³/mol. The van der Waals surface area contributed by atoms with Crippen LogP contribution in [0.15, 0.2) is 59.3 Å². The third-order valence-electron chi connectivity index (χ3n) is 5.59. The SMILES string of the molecule is Cc1nc(-c2ccc(N3CCN(C(=O)c4cc(-c5ccccc5)nn4C)CC3)nc2)no1. The molecule has 5 rings (SSSR count). The molecule has 9 heteroatoms. The van der Waals surface area contributed by atoms with Crippen LogP contribution in [0.1, 0.15) is 16.4 Å². The summed E-state index contributed by atoms with van der Waals surface area (Å²) in [5, 5.41) is 8.45. The molecule has 9 nitrogen and oxygen atoms in total. The first-order valence-electron chi connectivity index (χ1n) is 10.5. The summed E-state index contributed by atoms with van der Waals surface area (Å²) < 4.78 is 6.69. The Morgan fingerprint density at radius 2 is 1.78 bits per heavy atom. The zero-order chi connectivity index (χ0) is 22.1. The molecule has 1 aromatic carbocycles. The Hall–Kier alpha value is -4.01. The largest absolute Gasteiger partial charge is 0.353 e. The van der Waals surface area contributed by atoms with Gasteiger partial charge in [0.25, 0.3) is 5.91 Å². The average molecular weight is 429 g/mol. The predicted octanol–water partition coefficient (Wildman–Crippen LogP) is 2.80. The van der Waals surface area contributed by atoms with E-state index in [0.717, 1.165) is 22.6 Å². The Labute approximate surface area is 185 Å². The summed E-state index contributed by atoms with van der Waals surface area (Å²) in [5.41, 5.74) is 3.20. The molecule has 1 amide bonds. The van der Waals surface area contributed by atoms with E-state index < -0.39 is 0 Å². The number of aromatic nitrogens is 5. The van der Waals surface area contributed by atoms with E-state index in [0.29, 0.717) is 43.6 Å². The molecule has 1 saturated heterocycles. The molecule has 1 aliphatic heterocycles. The summed E-state index contributed by atoms with van der Waals surface area (Å²) in [4.78, 5) is 25.9. The van der Waals surface area contributed by atoms with Crippen molar-refractivity contribution in [2.45, 2.75) is 6.92 Å². The van der Waals surface area contributed by atoms with Crippen molar-refractivity contribution < 1.29 is 9.32 Å². The molecular weight excluding hydrogens is 406 g/mol. The third kappa shape index (κ3) is 3.84. The topological polar surface area (TPSA) is 93.2 Å². The number of rotatable bonds is 4. The van der Waals surface area contributed by atoms with E-state index in [2.05, 4.69) is 25.1 Å². The Morgan fingerprint density at radius 1 is 1.00 bits per heavy atom. The maximum atomic E-state index is 13.1. The van der Waals surface area contributed by atoms with Crippen molar-refractivity contribution in [3.63, 3.8) is 0 Å². The van der Waals surface area contributed by atoms with Crippen molar-refractivity contribution in [3.05, 3.63) is 66.3 Å². The quantitative estimate of drug-likeness (QED) is 0.492. The summed E-state index contributed by atoms with van der Waals surface area (Å²) in [6, 6.07) is 15.6. The van der Waals surface area contributed by atoms with Gasteiger partial charge >= 0.3 is 0 Å². The van der Waals surface area contributed by atoms with Crippen LogP contribution in [0.3, 0.4) is 0 Å². The van der Waals surface area contributed by atoms with Crippen molar-refractivity contribution in [1.29, 1.82) is 0 Å². The number of pyridine rings is 1. The summed E-state index contributed by atoms with van der Waals surface area (Å²) in [5.74, 6) is 1.92. The van der Waals surface area contributed by atoms with Crippen molar-refractivity contribution in [1.82, 2.24) is 29.8 Å². The van der Waals surface area contributed by atoms with E-state index in [9.17, 15) is 4.79 Å². The lowest BCUT2D eigenvalue weighted by Crippen LogP contribution is -2.49. The van der Waals surface area contributed by atoms with E-state index in [4.69, 9.17) is 4.52 Å². The van der Waals surface area contributed by atoms with Gasteiger partial charge in [-0.2, -0.15) is 10.1 Å². The lowest BCUT2D eigenvalue weighted by atomic mass is 10.1. The number of carbonyl (C=O) groups excluding carboxylic acids is 1. The summed E-state index contributed by atoms with van der Waals surface area (Å²) in [6.07, 6.45) is 1.75. The van der Waals surface area contributed by atoms with Crippen LogP contribution in [-0.2, 0) is 7.05 Å². The highest BCUT2D eigenvalue weighted by atomic mass is 16.5. The number of anilines is 1. The average Bonchev–Trinajstić information content (AvgIpc) is 3.45. The molecule has 0 aliphatic carbocycles. The molecule has 1 aliphatic rings. The molecule has 0 unspecified atom stereocenters. The van der Waals surface area contributed by atoms with Crippen LogP contribution in [0, 0.1) is 6.92 Å². The molecule has 4 aromatic rings. The molecule has 0 radical (unpaired) electrons. The fourth-order valence-corrected chi connectivity index (χ4v) is 3.84. The van der Waals surface area contributed by atoms with Gasteiger partial charge in [-0.05, 0) is 18.2 Å². The Morgan fingerprint density at radius 3 is 2.44 bits per heavy atom. The molecule has 0 N–H and O–H groups in total. The van der Waals surface area contributed by atoms with Crippen LogP contribution in [-0.4, -0.2) is 61.9 Å². The minimum atomic E-state index is -0.00221. The first-order valence-corrected chi connectivity index (χ1v) is 10.5. The lowest BCUT2D eigenvalue weighted by molar-refractivity contribution is 0.0735. The van der Waals surface area contributed by atoms with E-state index >= 15 is 0 Å². The van der Waals surface area contributed by atoms with Crippen LogP contribution in [0.25, 0.3) is 22.6 Å². The van der Waals surface area contributed by atoms with E-state index in [1.807, 2.05) is 60.5 Å². The second-order valence-corrected chi connectivity index (χ2v) is 7.73. The van der Waals surface area contributed by atoms with E-state index in [1.54, 1.807) is 17.8 Å². The number of amides is 1. The van der Waals surface area contributed by atoms with Gasteiger partial charge in [-0.3, -0.25) is 9.48 Å². The molecule has 4 heterocycles. The molecular formula is C23H23N7O2. The Balaban J connectivity index is 1.24. The summed E-state index contributed by atoms with van der Waals surface area (Å²) in [7, 11) is 1.81. The van der Waals surface area contributed by atoms with Crippen molar-refractivity contribution in [3.8, 4) is 22.6 Å². The fraction of sp³-hybridized carbons (Fsp3) is 0.261. The first-order chi connectivity index (χ1) is 15.6. The second kappa shape index (κ2) is 8.26. The molecule has 3 aromatic heterocycles. The van der Waals surface area contributed by atoms with Crippen LogP contribution >= 0.6 is 0 Å². The first kappa shape index (κ1) is 19.9. The number of benzene rings is 1. The van der Waals surface area contributed by atoms with Gasteiger partial charge in [-0.25, -0.2) is 4.98 Å². The molecule has 0 bridgehead atoms. The van der Waals surface area contributed by atoms with Gasteiger partial charge in [-0.1, -0.05) is 35.5 Å². The molecule has 0 saturated carbocycles. The molecule has 1 fully saturated rings. The smallest absolute Gasteiger partial charge is 0.272 e. The molecule has 32 heavy (non-hydrogen) atoms. The number of carbonyl (C=O) groups is 1. The number of piperazine rings is 1. The maximum Gasteiger partial charge on any atom is 0.272 e. The Kier molecular flexibility index (Phi) is 5.14. The minimum Gasteiger partial charge on any atom is -0.353 e. The standard InChI is InChI=1S/C23H23N7O2/c1-16-25-22(27-32-16)18-8-9-21(24-15-18)29-10-12-30(13-11-29)23(31)20-14-19(26-28(20)2)17-6-4-3-5-7-17/h3-9,14-15H,10-13H2,1-2H3. The normalized spacial score (nSPS) is 14.1. The zero-order valence-electron chi connectivity index (χ0n) is 18.0. The van der Waals surface area contributed by atoms with E-state index in [1.165, 1.54) is 0 Å². The highest BCUT2D eigenvalue weighted by molar-refractivity contribution is 5.94. The van der Waals surface area contributed by atoms with Gasteiger partial charge < -0.3 is 14.3 Å². The molecule has 0 atom stereocenters. The van der Waals surface area contributed by atoms with Crippen LogP contribution in [0.5, 0.6) is 0 Å². The second-order valence-electron chi connectivity index (χ2n) is 7.73. The summed E-state index contributed by atoms with van der Waals surface area (Å²) >= 11 is 0. The molecule has 162 valence electrons. The lowest BCUT2D eigenvalue weighted by Gasteiger charge is -2.35. The highest BCUT2D eigenvalue weighted by Crippen LogP contribution is 2.22. The zero-order valence-corrected chi connectivity index (χ0v) is 18.0. The van der Waals surface area contributed by atoms with Gasteiger partial charge in [0.1, 0.15) is 11.5 Å². The number of aryl methyl sites for hydroxylation is 2. The number of hydrogen-bond acceptors (Lipinski definition) is 7.